The van der Waals surface area contributed by atoms with Gasteiger partial charge in [0, 0.05) is 32.2 Å². The molecule has 3 rings (SSSR count). The molecule has 2 fully saturated rings. The molecule has 0 bridgehead atoms. The van der Waals surface area contributed by atoms with Gasteiger partial charge in [0.1, 0.15) is 0 Å². The molecule has 1 N–H and O–H groups in total. The van der Waals surface area contributed by atoms with Crippen LogP contribution in [0.3, 0.4) is 0 Å². The Kier molecular flexibility index (Phi) is 2.94. The van der Waals surface area contributed by atoms with Gasteiger partial charge in [-0.25, -0.2) is 0 Å². The van der Waals surface area contributed by atoms with E-state index in [1.807, 2.05) is 0 Å². The summed E-state index contributed by atoms with van der Waals surface area (Å²) in [4.78, 5) is 0. The molecule has 2 heteroatoms. The highest BCUT2D eigenvalue weighted by Crippen LogP contribution is 2.28. The average Bonchev–Trinajstić information content (AvgIpc) is 2.29. The highest BCUT2D eigenvalue weighted by molar-refractivity contribution is 5.29. The lowest BCUT2D eigenvalue weighted by atomic mass is 9.88. The van der Waals surface area contributed by atoms with Gasteiger partial charge < -0.3 is 10.1 Å². The average molecular weight is 217 g/mol. The van der Waals surface area contributed by atoms with E-state index in [2.05, 4.69) is 29.6 Å². The van der Waals surface area contributed by atoms with Crippen LogP contribution in [-0.2, 0) is 4.74 Å². The smallest absolute Gasteiger partial charge is 0.0471 e. The second-order valence-electron chi connectivity index (χ2n) is 4.91. The number of nitrogens with one attached hydrogen (secondary N) is 1. The van der Waals surface area contributed by atoms with Gasteiger partial charge in [-0.1, -0.05) is 24.3 Å². The third-order valence-corrected chi connectivity index (χ3v) is 3.88. The number of hydrogen-bond donors (Lipinski definition) is 1. The van der Waals surface area contributed by atoms with Crippen LogP contribution in [0.15, 0.2) is 24.3 Å². The van der Waals surface area contributed by atoms with Gasteiger partial charge in [-0.3, -0.25) is 0 Å². The Morgan fingerprint density at radius 2 is 1.44 bits per heavy atom. The SMILES string of the molecule is c1cc(C2CNC2)ccc1C1CCOCC1. The molecule has 1 aromatic rings. The zero-order valence-electron chi connectivity index (χ0n) is 9.61. The van der Waals surface area contributed by atoms with Gasteiger partial charge >= 0.3 is 0 Å². The second kappa shape index (κ2) is 4.56. The molecule has 2 aliphatic rings. The molecular formula is C14H19NO. The van der Waals surface area contributed by atoms with Gasteiger partial charge in [0.05, 0.1) is 0 Å². The lowest BCUT2D eigenvalue weighted by molar-refractivity contribution is 0.0853. The topological polar surface area (TPSA) is 21.3 Å². The van der Waals surface area contributed by atoms with Crippen molar-refractivity contribution in [2.45, 2.75) is 24.7 Å². The van der Waals surface area contributed by atoms with E-state index in [1.165, 1.54) is 24.0 Å². The molecule has 0 aromatic heterocycles. The number of benzene rings is 1. The Bertz CT molecular complexity index is 336. The van der Waals surface area contributed by atoms with Gasteiger partial charge in [-0.05, 0) is 29.9 Å². The van der Waals surface area contributed by atoms with E-state index >= 15 is 0 Å². The molecule has 1 aromatic carbocycles. The molecule has 2 saturated heterocycles. The van der Waals surface area contributed by atoms with E-state index in [0.717, 1.165) is 38.1 Å². The minimum absolute atomic E-state index is 0.724. The summed E-state index contributed by atoms with van der Waals surface area (Å²) in [5, 5.41) is 3.32. The Balaban J connectivity index is 1.70. The highest BCUT2D eigenvalue weighted by Gasteiger charge is 2.20. The van der Waals surface area contributed by atoms with Gasteiger partial charge in [-0.2, -0.15) is 0 Å². The summed E-state index contributed by atoms with van der Waals surface area (Å²) in [6.45, 7) is 4.16. The van der Waals surface area contributed by atoms with Crippen molar-refractivity contribution in [3.8, 4) is 0 Å². The summed E-state index contributed by atoms with van der Waals surface area (Å²) in [5.41, 5.74) is 2.99. The largest absolute Gasteiger partial charge is 0.381 e. The van der Waals surface area contributed by atoms with E-state index in [9.17, 15) is 0 Å². The summed E-state index contributed by atoms with van der Waals surface area (Å²) < 4.78 is 5.40. The van der Waals surface area contributed by atoms with Crippen LogP contribution in [0.25, 0.3) is 0 Å². The molecule has 2 nitrogen and oxygen atoms in total. The summed E-state index contributed by atoms with van der Waals surface area (Å²) in [6, 6.07) is 9.28. The Morgan fingerprint density at radius 3 is 1.94 bits per heavy atom. The van der Waals surface area contributed by atoms with Crippen LogP contribution < -0.4 is 5.32 Å². The third-order valence-electron chi connectivity index (χ3n) is 3.88. The van der Waals surface area contributed by atoms with Crippen LogP contribution in [0.4, 0.5) is 0 Å². The van der Waals surface area contributed by atoms with Crippen molar-refractivity contribution in [2.75, 3.05) is 26.3 Å². The van der Waals surface area contributed by atoms with Crippen LogP contribution in [0.5, 0.6) is 0 Å². The molecule has 16 heavy (non-hydrogen) atoms. The zero-order valence-corrected chi connectivity index (χ0v) is 9.61. The molecule has 0 spiro atoms. The van der Waals surface area contributed by atoms with Crippen molar-refractivity contribution in [3.63, 3.8) is 0 Å². The van der Waals surface area contributed by atoms with Crippen LogP contribution in [0, 0.1) is 0 Å². The predicted octanol–water partition coefficient (Wildman–Crippen LogP) is 2.27. The molecule has 0 amide bonds. The van der Waals surface area contributed by atoms with E-state index < -0.39 is 0 Å². The van der Waals surface area contributed by atoms with Gasteiger partial charge in [-0.15, -0.1) is 0 Å². The van der Waals surface area contributed by atoms with Crippen LogP contribution in [0.1, 0.15) is 35.8 Å². The quantitative estimate of drug-likeness (QED) is 0.820. The first kappa shape index (κ1) is 10.3. The van der Waals surface area contributed by atoms with Crippen molar-refractivity contribution in [1.82, 2.24) is 5.32 Å². The number of hydrogen-bond acceptors (Lipinski definition) is 2. The van der Waals surface area contributed by atoms with Crippen molar-refractivity contribution in [3.05, 3.63) is 35.4 Å². The predicted molar refractivity (Wildman–Crippen MR) is 64.8 cm³/mol. The fraction of sp³-hybridized carbons (Fsp3) is 0.571. The fourth-order valence-electron chi connectivity index (χ4n) is 2.60. The van der Waals surface area contributed by atoms with E-state index in [0.29, 0.717) is 0 Å². The summed E-state index contributed by atoms with van der Waals surface area (Å²) in [5.74, 6) is 1.48. The van der Waals surface area contributed by atoms with Crippen molar-refractivity contribution < 1.29 is 4.74 Å². The summed E-state index contributed by atoms with van der Waals surface area (Å²) in [7, 11) is 0. The van der Waals surface area contributed by atoms with Gasteiger partial charge in [0.15, 0.2) is 0 Å². The van der Waals surface area contributed by atoms with Gasteiger partial charge in [0.2, 0.25) is 0 Å². The molecular weight excluding hydrogens is 198 g/mol. The molecule has 0 saturated carbocycles. The zero-order chi connectivity index (χ0) is 10.8. The molecule has 0 aliphatic carbocycles. The lowest BCUT2D eigenvalue weighted by Gasteiger charge is -2.28. The van der Waals surface area contributed by atoms with Crippen molar-refractivity contribution in [2.24, 2.45) is 0 Å². The highest BCUT2D eigenvalue weighted by atomic mass is 16.5. The number of ether oxygens (including phenoxy) is 1. The fourth-order valence-corrected chi connectivity index (χ4v) is 2.60. The first-order valence-electron chi connectivity index (χ1n) is 6.32. The van der Waals surface area contributed by atoms with Gasteiger partial charge in [0.25, 0.3) is 0 Å². The normalized spacial score (nSPS) is 23.0. The first-order valence-corrected chi connectivity index (χ1v) is 6.32. The maximum Gasteiger partial charge on any atom is 0.0471 e. The second-order valence-corrected chi connectivity index (χ2v) is 4.91. The van der Waals surface area contributed by atoms with Crippen molar-refractivity contribution in [1.29, 1.82) is 0 Å². The Hall–Kier alpha value is -0.860. The molecule has 2 heterocycles. The minimum Gasteiger partial charge on any atom is -0.381 e. The van der Waals surface area contributed by atoms with Crippen molar-refractivity contribution >= 4 is 0 Å². The minimum atomic E-state index is 0.724. The molecule has 0 atom stereocenters. The van der Waals surface area contributed by atoms with Crippen LogP contribution in [-0.4, -0.2) is 26.3 Å². The van der Waals surface area contributed by atoms with Crippen LogP contribution in [0.2, 0.25) is 0 Å². The monoisotopic (exact) mass is 217 g/mol. The van der Waals surface area contributed by atoms with E-state index in [1.54, 1.807) is 0 Å². The maximum absolute atomic E-state index is 5.40. The summed E-state index contributed by atoms with van der Waals surface area (Å²) >= 11 is 0. The maximum atomic E-state index is 5.40. The van der Waals surface area contributed by atoms with E-state index in [4.69, 9.17) is 4.74 Å². The summed E-state index contributed by atoms with van der Waals surface area (Å²) in [6.07, 6.45) is 2.37. The Morgan fingerprint density at radius 1 is 0.875 bits per heavy atom. The van der Waals surface area contributed by atoms with E-state index in [-0.39, 0.29) is 0 Å². The molecule has 2 aliphatic heterocycles. The Labute approximate surface area is 97.0 Å². The standard InChI is InChI=1S/C14H19NO/c1-3-12(14-9-15-10-14)4-2-11(1)13-5-7-16-8-6-13/h1-4,13-15H,5-10H2. The molecule has 86 valence electrons. The lowest BCUT2D eigenvalue weighted by Crippen LogP contribution is -2.39. The first-order chi connectivity index (χ1) is 7.93. The number of rotatable bonds is 2. The third kappa shape index (κ3) is 2.00. The molecule has 0 unspecified atom stereocenters. The molecule has 0 radical (unpaired) electrons. The van der Waals surface area contributed by atoms with Crippen LogP contribution >= 0.6 is 0 Å².